The summed E-state index contributed by atoms with van der Waals surface area (Å²) in [5, 5.41) is 4.00. The third kappa shape index (κ3) is 8.78. The van der Waals surface area contributed by atoms with Gasteiger partial charge in [0.25, 0.3) is 10.0 Å². The van der Waals surface area contributed by atoms with Crippen molar-refractivity contribution in [3.63, 3.8) is 0 Å². The molecule has 1 fully saturated rings. The van der Waals surface area contributed by atoms with Crippen LogP contribution in [0.25, 0.3) is 0 Å². The molecule has 252 valence electrons. The van der Waals surface area contributed by atoms with Crippen LogP contribution in [-0.2, 0) is 32.6 Å². The monoisotopic (exact) mass is 705 g/mol. The molecule has 0 spiro atoms. The van der Waals surface area contributed by atoms with E-state index in [1.165, 1.54) is 17.0 Å². The summed E-state index contributed by atoms with van der Waals surface area (Å²) in [4.78, 5) is 30.6. The van der Waals surface area contributed by atoms with Crippen LogP contribution in [0, 0.1) is 13.8 Å². The van der Waals surface area contributed by atoms with Crippen molar-refractivity contribution in [1.82, 2.24) is 10.2 Å². The fourth-order valence-corrected chi connectivity index (χ4v) is 8.11. The van der Waals surface area contributed by atoms with Gasteiger partial charge >= 0.3 is 0 Å². The highest BCUT2D eigenvalue weighted by Gasteiger charge is 2.36. The Morgan fingerprint density at radius 2 is 1.52 bits per heavy atom. The molecule has 0 aliphatic heterocycles. The maximum atomic E-state index is 14.8. The van der Waals surface area contributed by atoms with Crippen LogP contribution in [0.4, 0.5) is 5.69 Å². The van der Waals surface area contributed by atoms with E-state index in [4.69, 9.17) is 23.2 Å². The summed E-state index contributed by atoms with van der Waals surface area (Å²) in [5.41, 5.74) is 3.38. The Hall–Kier alpha value is -3.85. The van der Waals surface area contributed by atoms with Gasteiger partial charge < -0.3 is 10.2 Å². The van der Waals surface area contributed by atoms with E-state index in [1.54, 1.807) is 42.5 Å². The van der Waals surface area contributed by atoms with Crippen LogP contribution >= 0.6 is 23.2 Å². The summed E-state index contributed by atoms with van der Waals surface area (Å²) in [5.74, 6) is -0.824. The lowest BCUT2D eigenvalue weighted by Crippen LogP contribution is -2.55. The number of rotatable bonds is 12. The second-order valence-electron chi connectivity index (χ2n) is 12.4. The molecule has 0 bridgehead atoms. The smallest absolute Gasteiger partial charge is 0.264 e. The maximum absolute atomic E-state index is 14.8. The van der Waals surface area contributed by atoms with Gasteiger partial charge in [-0.2, -0.15) is 0 Å². The number of nitrogens with one attached hydrogen (secondary N) is 1. The number of hydrogen-bond acceptors (Lipinski definition) is 4. The molecule has 4 aromatic carbocycles. The molecule has 1 N–H and O–H groups in total. The maximum Gasteiger partial charge on any atom is 0.264 e. The minimum atomic E-state index is -4.19. The van der Waals surface area contributed by atoms with Crippen molar-refractivity contribution in [3.8, 4) is 0 Å². The SMILES string of the molecule is Cc1ccc(C)c(N(CC(=O)N(Cc2ccc(Cl)cc2Cl)C(Cc2ccccc2)C(=O)NC2CCCCC2)S(=O)(=O)c2ccccc2)c1. The predicted octanol–water partition coefficient (Wildman–Crippen LogP) is 7.89. The molecular weight excluding hydrogens is 665 g/mol. The van der Waals surface area contributed by atoms with Crippen LogP contribution in [-0.4, -0.2) is 43.8 Å². The molecule has 1 unspecified atom stereocenters. The summed E-state index contributed by atoms with van der Waals surface area (Å²) >= 11 is 12.9. The Kier molecular flexibility index (Phi) is 11.8. The third-order valence-electron chi connectivity index (χ3n) is 8.82. The number of sulfonamides is 1. The Balaban J connectivity index is 1.60. The van der Waals surface area contributed by atoms with E-state index in [1.807, 2.05) is 56.3 Å². The zero-order chi connectivity index (χ0) is 34.3. The van der Waals surface area contributed by atoms with Crippen LogP contribution in [0.15, 0.2) is 102 Å². The van der Waals surface area contributed by atoms with E-state index in [9.17, 15) is 18.0 Å². The van der Waals surface area contributed by atoms with Gasteiger partial charge in [0.05, 0.1) is 10.6 Å². The fourth-order valence-electron chi connectivity index (χ4n) is 6.15. The van der Waals surface area contributed by atoms with Crippen molar-refractivity contribution < 1.29 is 18.0 Å². The number of benzene rings is 4. The number of carbonyl (C=O) groups is 2. The topological polar surface area (TPSA) is 86.8 Å². The average Bonchev–Trinajstić information content (AvgIpc) is 3.08. The molecule has 4 aromatic rings. The molecule has 0 heterocycles. The first kappa shape index (κ1) is 35.5. The van der Waals surface area contributed by atoms with E-state index in [2.05, 4.69) is 5.32 Å². The van der Waals surface area contributed by atoms with Crippen LogP contribution in [0.3, 0.4) is 0 Å². The Bertz CT molecular complexity index is 1830. The second kappa shape index (κ2) is 16.0. The van der Waals surface area contributed by atoms with Crippen LogP contribution in [0.2, 0.25) is 10.0 Å². The molecule has 1 aliphatic carbocycles. The molecule has 1 aliphatic rings. The van der Waals surface area contributed by atoms with Gasteiger partial charge in [-0.05, 0) is 79.3 Å². The first-order chi connectivity index (χ1) is 23.0. The fraction of sp³-hybridized carbons (Fsp3) is 0.316. The quantitative estimate of drug-likeness (QED) is 0.162. The Morgan fingerprint density at radius 3 is 2.19 bits per heavy atom. The number of halogens is 2. The molecule has 1 saturated carbocycles. The zero-order valence-electron chi connectivity index (χ0n) is 27.2. The molecule has 0 radical (unpaired) electrons. The molecule has 48 heavy (non-hydrogen) atoms. The largest absolute Gasteiger partial charge is 0.352 e. The molecular formula is C38H41Cl2N3O4S. The van der Waals surface area contributed by atoms with Crippen LogP contribution in [0.5, 0.6) is 0 Å². The molecule has 10 heteroatoms. The number of aryl methyl sites for hydroxylation is 2. The highest BCUT2D eigenvalue weighted by Crippen LogP contribution is 2.30. The van der Waals surface area contributed by atoms with Crippen LogP contribution in [0.1, 0.15) is 54.4 Å². The lowest BCUT2D eigenvalue weighted by molar-refractivity contribution is -0.140. The van der Waals surface area contributed by atoms with Crippen molar-refractivity contribution in [2.75, 3.05) is 10.8 Å². The van der Waals surface area contributed by atoms with E-state index in [0.717, 1.165) is 47.5 Å². The Morgan fingerprint density at radius 1 is 0.854 bits per heavy atom. The van der Waals surface area contributed by atoms with Gasteiger partial charge in [0.15, 0.2) is 0 Å². The zero-order valence-corrected chi connectivity index (χ0v) is 29.6. The number of amides is 2. The van der Waals surface area contributed by atoms with Crippen molar-refractivity contribution in [1.29, 1.82) is 0 Å². The van der Waals surface area contributed by atoms with Crippen molar-refractivity contribution in [3.05, 3.63) is 129 Å². The molecule has 1 atom stereocenters. The Labute approximate surface area is 293 Å². The average molecular weight is 707 g/mol. The van der Waals surface area contributed by atoms with Crippen LogP contribution < -0.4 is 9.62 Å². The molecule has 7 nitrogen and oxygen atoms in total. The van der Waals surface area contributed by atoms with E-state index < -0.39 is 28.5 Å². The van der Waals surface area contributed by atoms with Crippen molar-refractivity contribution >= 4 is 50.7 Å². The summed E-state index contributed by atoms with van der Waals surface area (Å²) in [6.07, 6.45) is 5.15. The minimum Gasteiger partial charge on any atom is -0.352 e. The highest BCUT2D eigenvalue weighted by molar-refractivity contribution is 7.92. The molecule has 5 rings (SSSR count). The van der Waals surface area contributed by atoms with Gasteiger partial charge in [0, 0.05) is 29.1 Å². The first-order valence-corrected chi connectivity index (χ1v) is 18.5. The normalized spacial score (nSPS) is 14.2. The van der Waals surface area contributed by atoms with Crippen molar-refractivity contribution in [2.24, 2.45) is 0 Å². The molecule has 2 amide bonds. The summed E-state index contributed by atoms with van der Waals surface area (Å²) in [7, 11) is -4.19. The lowest BCUT2D eigenvalue weighted by Gasteiger charge is -2.35. The predicted molar refractivity (Wildman–Crippen MR) is 193 cm³/mol. The van der Waals surface area contributed by atoms with E-state index in [-0.39, 0.29) is 29.8 Å². The molecule has 0 saturated heterocycles. The number of nitrogens with zero attached hydrogens (tertiary/aromatic N) is 2. The minimum absolute atomic E-state index is 0.00509. The second-order valence-corrected chi connectivity index (χ2v) is 15.1. The van der Waals surface area contributed by atoms with Gasteiger partial charge in [-0.1, -0.05) is 109 Å². The van der Waals surface area contributed by atoms with Gasteiger partial charge in [-0.3, -0.25) is 13.9 Å². The standard InChI is InChI=1S/C38H41Cl2N3O4S/c1-27-18-19-28(2)35(22-27)43(48(46,47)33-16-10-5-11-17-33)26-37(44)42(25-30-20-21-31(39)24-34(30)40)36(23-29-12-6-3-7-13-29)38(45)41-32-14-8-4-9-15-32/h3,5-7,10-13,16-22,24,32,36H,4,8-9,14-15,23,25-26H2,1-2H3,(H,41,45). The van der Waals surface area contributed by atoms with Crippen molar-refractivity contribution in [2.45, 2.75) is 75.9 Å². The first-order valence-electron chi connectivity index (χ1n) is 16.3. The molecule has 0 aromatic heterocycles. The van der Waals surface area contributed by atoms with E-state index >= 15 is 0 Å². The summed E-state index contributed by atoms with van der Waals surface area (Å²) in [6, 6.07) is 27.1. The summed E-state index contributed by atoms with van der Waals surface area (Å²) < 4.78 is 29.8. The van der Waals surface area contributed by atoms with Gasteiger partial charge in [0.1, 0.15) is 12.6 Å². The van der Waals surface area contributed by atoms with E-state index in [0.29, 0.717) is 26.9 Å². The highest BCUT2D eigenvalue weighted by atomic mass is 35.5. The summed E-state index contributed by atoms with van der Waals surface area (Å²) in [6.45, 7) is 3.12. The van der Waals surface area contributed by atoms with Gasteiger partial charge in [-0.25, -0.2) is 8.42 Å². The lowest BCUT2D eigenvalue weighted by atomic mass is 9.94. The van der Waals surface area contributed by atoms with Gasteiger partial charge in [-0.15, -0.1) is 0 Å². The number of carbonyl (C=O) groups excluding carboxylic acids is 2. The number of hydrogen-bond donors (Lipinski definition) is 1. The number of anilines is 1. The van der Waals surface area contributed by atoms with Gasteiger partial charge in [0.2, 0.25) is 11.8 Å². The third-order valence-corrected chi connectivity index (χ3v) is 11.2.